The normalized spacial score (nSPS) is 14.6. The van der Waals surface area contributed by atoms with Crippen LogP contribution in [-0.4, -0.2) is 33.6 Å². The van der Waals surface area contributed by atoms with Gasteiger partial charge in [0.15, 0.2) is 0 Å². The summed E-state index contributed by atoms with van der Waals surface area (Å²) in [5.74, 6) is 0.396. The molecule has 0 bridgehead atoms. The van der Waals surface area contributed by atoms with E-state index in [1.807, 2.05) is 31.2 Å². The summed E-state index contributed by atoms with van der Waals surface area (Å²) in [6, 6.07) is 11.0. The number of fused-ring (bicyclic) bond motifs is 1. The Labute approximate surface area is 183 Å². The molecule has 2 heterocycles. The molecule has 1 aliphatic rings. The Hall–Kier alpha value is -4.21. The van der Waals surface area contributed by atoms with Gasteiger partial charge < -0.3 is 15.4 Å². The van der Waals surface area contributed by atoms with Gasteiger partial charge in [0.25, 0.3) is 11.6 Å². The average molecular weight is 435 g/mol. The number of nitro groups is 1. The number of carbonyl (C=O) groups excluding carboxylic acids is 2. The topological polar surface area (TPSA) is 128 Å². The van der Waals surface area contributed by atoms with Crippen molar-refractivity contribution in [1.82, 2.24) is 9.78 Å². The van der Waals surface area contributed by atoms with Crippen LogP contribution in [0.5, 0.6) is 5.75 Å². The number of methoxy groups -OCH3 is 1. The Morgan fingerprint density at radius 3 is 2.78 bits per heavy atom. The van der Waals surface area contributed by atoms with Crippen LogP contribution < -0.4 is 15.4 Å². The molecule has 3 aromatic rings. The lowest BCUT2D eigenvalue weighted by Crippen LogP contribution is -2.23. The van der Waals surface area contributed by atoms with E-state index in [-0.39, 0.29) is 18.0 Å². The molecule has 164 valence electrons. The van der Waals surface area contributed by atoms with Gasteiger partial charge in [-0.25, -0.2) is 4.68 Å². The second-order valence-electron chi connectivity index (χ2n) is 7.50. The highest BCUT2D eigenvalue weighted by molar-refractivity contribution is 6.04. The molecule has 1 aliphatic heterocycles. The number of amides is 2. The van der Waals surface area contributed by atoms with Gasteiger partial charge in [0, 0.05) is 22.9 Å². The van der Waals surface area contributed by atoms with E-state index in [0.717, 1.165) is 11.1 Å². The summed E-state index contributed by atoms with van der Waals surface area (Å²) in [4.78, 5) is 35.9. The number of nitrogens with zero attached hydrogens (tertiary/aromatic N) is 3. The van der Waals surface area contributed by atoms with Crippen LogP contribution in [-0.2, 0) is 9.59 Å². The fourth-order valence-corrected chi connectivity index (χ4v) is 3.78. The van der Waals surface area contributed by atoms with E-state index < -0.39 is 16.9 Å². The monoisotopic (exact) mass is 435 g/mol. The summed E-state index contributed by atoms with van der Waals surface area (Å²) in [5.41, 5.74) is 2.99. The van der Waals surface area contributed by atoms with Crippen LogP contribution in [0.25, 0.3) is 11.1 Å². The van der Waals surface area contributed by atoms with Crippen molar-refractivity contribution in [2.24, 2.45) is 0 Å². The fourth-order valence-electron chi connectivity index (χ4n) is 3.78. The first-order valence-electron chi connectivity index (χ1n) is 9.87. The average Bonchev–Trinajstić information content (AvgIpc) is 3.22. The molecule has 32 heavy (non-hydrogen) atoms. The van der Waals surface area contributed by atoms with E-state index in [1.54, 1.807) is 26.2 Å². The predicted octanol–water partition coefficient (Wildman–Crippen LogP) is 3.61. The molecule has 2 N–H and O–H groups in total. The Bertz CT molecular complexity index is 1250. The molecule has 1 aromatic heterocycles. The van der Waals surface area contributed by atoms with E-state index in [4.69, 9.17) is 4.74 Å². The smallest absolute Gasteiger partial charge is 0.274 e. The number of hydrogen-bond donors (Lipinski definition) is 2. The van der Waals surface area contributed by atoms with Crippen molar-refractivity contribution in [3.63, 3.8) is 0 Å². The number of aryl methyl sites for hydroxylation is 2. The van der Waals surface area contributed by atoms with Gasteiger partial charge in [-0.05, 0) is 37.6 Å². The third-order valence-corrected chi connectivity index (χ3v) is 5.35. The second kappa shape index (κ2) is 8.14. The van der Waals surface area contributed by atoms with Crippen LogP contribution in [0.1, 0.15) is 23.7 Å². The number of ether oxygens (including phenoxy) is 1. The van der Waals surface area contributed by atoms with Gasteiger partial charge in [-0.1, -0.05) is 18.2 Å². The molecule has 0 fully saturated rings. The van der Waals surface area contributed by atoms with Gasteiger partial charge in [0.2, 0.25) is 5.91 Å². The lowest BCUT2D eigenvalue weighted by Gasteiger charge is -2.10. The van der Waals surface area contributed by atoms with E-state index in [2.05, 4.69) is 15.7 Å². The van der Waals surface area contributed by atoms with Gasteiger partial charge in [-0.2, -0.15) is 5.10 Å². The van der Waals surface area contributed by atoms with Crippen molar-refractivity contribution < 1.29 is 19.2 Å². The van der Waals surface area contributed by atoms with Crippen LogP contribution in [0.3, 0.4) is 0 Å². The largest absolute Gasteiger partial charge is 0.497 e. The third kappa shape index (κ3) is 3.78. The number of hydrogen-bond acceptors (Lipinski definition) is 6. The summed E-state index contributed by atoms with van der Waals surface area (Å²) in [7, 11) is 1.58. The minimum absolute atomic E-state index is 0.0886. The summed E-state index contributed by atoms with van der Waals surface area (Å²) < 4.78 is 6.80. The first-order valence-corrected chi connectivity index (χ1v) is 9.87. The molecule has 2 amide bonds. The standard InChI is InChI=1S/C22H21N5O5/c1-12-7-8-15(10-17(12)27(30)31)23-19(28)11-18-22(29)24-21-20(13(2)25-26(18)21)14-5-4-6-16(9-14)32-3/h4-10,18H,11H2,1-3H3,(H,23,28)(H,24,29). The molecule has 0 radical (unpaired) electrons. The van der Waals surface area contributed by atoms with Crippen molar-refractivity contribution in [1.29, 1.82) is 0 Å². The molecule has 0 aliphatic carbocycles. The van der Waals surface area contributed by atoms with Gasteiger partial charge in [-0.3, -0.25) is 19.7 Å². The number of anilines is 2. The van der Waals surface area contributed by atoms with Crippen LogP contribution in [0.2, 0.25) is 0 Å². The molecule has 1 atom stereocenters. The third-order valence-electron chi connectivity index (χ3n) is 5.35. The molecule has 4 rings (SSSR count). The Morgan fingerprint density at radius 2 is 2.06 bits per heavy atom. The van der Waals surface area contributed by atoms with Crippen molar-refractivity contribution >= 4 is 29.0 Å². The van der Waals surface area contributed by atoms with E-state index >= 15 is 0 Å². The van der Waals surface area contributed by atoms with Crippen molar-refractivity contribution in [3.8, 4) is 16.9 Å². The van der Waals surface area contributed by atoms with Crippen LogP contribution in [0, 0.1) is 24.0 Å². The first kappa shape index (κ1) is 21.0. The number of nitro benzene ring substituents is 1. The number of aromatic nitrogens is 2. The minimum Gasteiger partial charge on any atom is -0.497 e. The highest BCUT2D eigenvalue weighted by atomic mass is 16.6. The van der Waals surface area contributed by atoms with Crippen molar-refractivity contribution in [2.75, 3.05) is 17.7 Å². The molecule has 10 nitrogen and oxygen atoms in total. The summed E-state index contributed by atoms with van der Waals surface area (Å²) in [5, 5.41) is 21.1. The molecule has 0 spiro atoms. The molecule has 10 heteroatoms. The lowest BCUT2D eigenvalue weighted by atomic mass is 10.1. The van der Waals surface area contributed by atoms with Crippen LogP contribution >= 0.6 is 0 Å². The van der Waals surface area contributed by atoms with Gasteiger partial charge in [-0.15, -0.1) is 0 Å². The molecule has 1 unspecified atom stereocenters. The second-order valence-corrected chi connectivity index (χ2v) is 7.50. The van der Waals surface area contributed by atoms with E-state index in [1.165, 1.54) is 10.7 Å². The van der Waals surface area contributed by atoms with Gasteiger partial charge >= 0.3 is 0 Å². The zero-order chi connectivity index (χ0) is 23.0. The number of nitrogens with one attached hydrogen (secondary N) is 2. The summed E-state index contributed by atoms with van der Waals surface area (Å²) in [6.07, 6.45) is -0.167. The first-order chi connectivity index (χ1) is 15.3. The minimum atomic E-state index is -0.830. The van der Waals surface area contributed by atoms with E-state index in [9.17, 15) is 19.7 Å². The zero-order valence-corrected chi connectivity index (χ0v) is 17.7. The molecule has 0 saturated carbocycles. The van der Waals surface area contributed by atoms with Crippen LogP contribution in [0.4, 0.5) is 17.2 Å². The molecular weight excluding hydrogens is 414 g/mol. The Morgan fingerprint density at radius 1 is 1.28 bits per heavy atom. The fraction of sp³-hybridized carbons (Fsp3) is 0.227. The maximum Gasteiger partial charge on any atom is 0.274 e. The molecule has 0 saturated heterocycles. The molecular formula is C22H21N5O5. The highest BCUT2D eigenvalue weighted by Crippen LogP contribution is 2.39. The molecule has 2 aromatic carbocycles. The maximum absolute atomic E-state index is 12.6. The predicted molar refractivity (Wildman–Crippen MR) is 118 cm³/mol. The summed E-state index contributed by atoms with van der Waals surface area (Å²) in [6.45, 7) is 3.45. The number of rotatable bonds is 6. The van der Waals surface area contributed by atoms with Crippen molar-refractivity contribution in [2.45, 2.75) is 26.3 Å². The van der Waals surface area contributed by atoms with Crippen molar-refractivity contribution in [3.05, 3.63) is 63.8 Å². The quantitative estimate of drug-likeness (QED) is 0.450. The lowest BCUT2D eigenvalue weighted by molar-refractivity contribution is -0.385. The number of benzene rings is 2. The van der Waals surface area contributed by atoms with Gasteiger partial charge in [0.1, 0.15) is 17.6 Å². The number of carbonyl (C=O) groups is 2. The SMILES string of the molecule is COc1cccc(-c2c(C)nn3c2NC(=O)C3CC(=O)Nc2ccc(C)c([N+](=O)[O-])c2)c1. The zero-order valence-electron chi connectivity index (χ0n) is 17.7. The van der Waals surface area contributed by atoms with Crippen LogP contribution in [0.15, 0.2) is 42.5 Å². The Kier molecular flexibility index (Phi) is 5.35. The summed E-state index contributed by atoms with van der Waals surface area (Å²) >= 11 is 0. The Balaban J connectivity index is 1.57. The highest BCUT2D eigenvalue weighted by Gasteiger charge is 2.36. The van der Waals surface area contributed by atoms with Gasteiger partial charge in [0.05, 0.1) is 24.1 Å². The van der Waals surface area contributed by atoms with E-state index in [0.29, 0.717) is 28.5 Å². The maximum atomic E-state index is 12.6.